The SMILES string of the molecule is CCOC.CCOC(C)c1cc(C)[nH]n1. The molecule has 0 bridgehead atoms. The first-order valence-corrected chi connectivity index (χ1v) is 5.28. The number of methoxy groups -OCH3 is 1. The quantitative estimate of drug-likeness (QED) is 0.837. The summed E-state index contributed by atoms with van der Waals surface area (Å²) >= 11 is 0. The van der Waals surface area contributed by atoms with Gasteiger partial charge < -0.3 is 9.47 Å². The molecular weight excluding hydrogens is 192 g/mol. The van der Waals surface area contributed by atoms with E-state index in [2.05, 4.69) is 14.9 Å². The van der Waals surface area contributed by atoms with Crippen LogP contribution in [0.15, 0.2) is 6.07 Å². The molecule has 0 saturated carbocycles. The molecule has 1 rings (SSSR count). The molecule has 0 aliphatic rings. The summed E-state index contributed by atoms with van der Waals surface area (Å²) in [4.78, 5) is 0. The average molecular weight is 214 g/mol. The van der Waals surface area contributed by atoms with E-state index in [1.807, 2.05) is 33.8 Å². The van der Waals surface area contributed by atoms with Crippen LogP contribution in [0.5, 0.6) is 0 Å². The summed E-state index contributed by atoms with van der Waals surface area (Å²) in [5.41, 5.74) is 2.05. The lowest BCUT2D eigenvalue weighted by Gasteiger charge is -2.06. The predicted octanol–water partition coefficient (Wildman–Crippen LogP) is 2.47. The second kappa shape index (κ2) is 8.44. The molecule has 4 heteroatoms. The van der Waals surface area contributed by atoms with E-state index < -0.39 is 0 Å². The number of aromatic amines is 1. The Labute approximate surface area is 92.0 Å². The van der Waals surface area contributed by atoms with Crippen LogP contribution in [0.4, 0.5) is 0 Å². The Hall–Kier alpha value is -0.870. The summed E-state index contributed by atoms with van der Waals surface area (Å²) in [6.07, 6.45) is 0.102. The van der Waals surface area contributed by atoms with Crippen molar-refractivity contribution < 1.29 is 9.47 Å². The molecule has 1 aromatic rings. The molecule has 1 atom stereocenters. The molecule has 1 unspecified atom stereocenters. The van der Waals surface area contributed by atoms with Crippen LogP contribution in [0.1, 0.15) is 38.3 Å². The van der Waals surface area contributed by atoms with E-state index in [1.54, 1.807) is 7.11 Å². The number of ether oxygens (including phenoxy) is 2. The van der Waals surface area contributed by atoms with Crippen molar-refractivity contribution >= 4 is 0 Å². The van der Waals surface area contributed by atoms with E-state index >= 15 is 0 Å². The van der Waals surface area contributed by atoms with Crippen molar-refractivity contribution in [2.24, 2.45) is 0 Å². The lowest BCUT2D eigenvalue weighted by Crippen LogP contribution is -1.99. The summed E-state index contributed by atoms with van der Waals surface area (Å²) in [5.74, 6) is 0. The van der Waals surface area contributed by atoms with Crippen molar-refractivity contribution in [3.63, 3.8) is 0 Å². The number of rotatable bonds is 4. The van der Waals surface area contributed by atoms with Crippen LogP contribution in [0.3, 0.4) is 0 Å². The zero-order valence-corrected chi connectivity index (χ0v) is 10.3. The monoisotopic (exact) mass is 214 g/mol. The number of H-pyrrole nitrogens is 1. The highest BCUT2D eigenvalue weighted by Gasteiger charge is 2.06. The second-order valence-electron chi connectivity index (χ2n) is 3.15. The lowest BCUT2D eigenvalue weighted by molar-refractivity contribution is 0.0733. The largest absolute Gasteiger partial charge is 0.385 e. The van der Waals surface area contributed by atoms with Crippen LogP contribution in [0.25, 0.3) is 0 Å². The zero-order valence-electron chi connectivity index (χ0n) is 10.3. The molecule has 88 valence electrons. The van der Waals surface area contributed by atoms with Gasteiger partial charge in [-0.05, 0) is 33.8 Å². The van der Waals surface area contributed by atoms with Crippen molar-refractivity contribution in [2.45, 2.75) is 33.8 Å². The van der Waals surface area contributed by atoms with Gasteiger partial charge in [0.15, 0.2) is 0 Å². The first-order valence-electron chi connectivity index (χ1n) is 5.28. The van der Waals surface area contributed by atoms with Gasteiger partial charge in [0.25, 0.3) is 0 Å². The molecule has 0 aromatic carbocycles. The van der Waals surface area contributed by atoms with Crippen LogP contribution in [0, 0.1) is 6.92 Å². The van der Waals surface area contributed by atoms with Crippen LogP contribution in [-0.2, 0) is 9.47 Å². The van der Waals surface area contributed by atoms with Crippen LogP contribution in [0.2, 0.25) is 0 Å². The van der Waals surface area contributed by atoms with E-state index in [0.29, 0.717) is 0 Å². The number of aryl methyl sites for hydroxylation is 1. The molecule has 0 radical (unpaired) electrons. The Morgan fingerprint density at radius 1 is 1.40 bits per heavy atom. The predicted molar refractivity (Wildman–Crippen MR) is 60.9 cm³/mol. The molecule has 0 spiro atoms. The van der Waals surface area contributed by atoms with Crippen molar-refractivity contribution in [3.05, 3.63) is 17.5 Å². The minimum absolute atomic E-state index is 0.102. The molecule has 4 nitrogen and oxygen atoms in total. The summed E-state index contributed by atoms with van der Waals surface area (Å²) < 4.78 is 9.90. The molecule has 0 amide bonds. The fourth-order valence-electron chi connectivity index (χ4n) is 0.983. The van der Waals surface area contributed by atoms with E-state index in [9.17, 15) is 0 Å². The maximum Gasteiger partial charge on any atom is 0.0984 e. The highest BCUT2D eigenvalue weighted by Crippen LogP contribution is 2.13. The Balaban J connectivity index is 0.000000423. The van der Waals surface area contributed by atoms with Gasteiger partial charge >= 0.3 is 0 Å². The minimum Gasteiger partial charge on any atom is -0.385 e. The van der Waals surface area contributed by atoms with E-state index in [4.69, 9.17) is 4.74 Å². The highest BCUT2D eigenvalue weighted by atomic mass is 16.5. The lowest BCUT2D eigenvalue weighted by atomic mass is 10.3. The van der Waals surface area contributed by atoms with Crippen molar-refractivity contribution in [1.82, 2.24) is 10.2 Å². The Morgan fingerprint density at radius 2 is 2.00 bits per heavy atom. The van der Waals surface area contributed by atoms with Crippen molar-refractivity contribution in [2.75, 3.05) is 20.3 Å². The number of nitrogens with zero attached hydrogens (tertiary/aromatic N) is 1. The third kappa shape index (κ3) is 6.25. The van der Waals surface area contributed by atoms with Gasteiger partial charge in [-0.25, -0.2) is 0 Å². The van der Waals surface area contributed by atoms with Crippen molar-refractivity contribution in [3.8, 4) is 0 Å². The first-order chi connectivity index (χ1) is 7.15. The van der Waals surface area contributed by atoms with Crippen LogP contribution >= 0.6 is 0 Å². The van der Waals surface area contributed by atoms with E-state index in [-0.39, 0.29) is 6.10 Å². The zero-order chi connectivity index (χ0) is 11.7. The summed E-state index contributed by atoms with van der Waals surface area (Å²) in [5, 5.41) is 6.96. The maximum atomic E-state index is 5.36. The minimum atomic E-state index is 0.102. The molecule has 0 aliphatic carbocycles. The third-order valence-corrected chi connectivity index (χ3v) is 1.85. The molecule has 1 N–H and O–H groups in total. The molecule has 15 heavy (non-hydrogen) atoms. The number of hydrogen-bond acceptors (Lipinski definition) is 3. The van der Waals surface area contributed by atoms with Gasteiger partial charge in [-0.1, -0.05) is 0 Å². The van der Waals surface area contributed by atoms with Gasteiger partial charge in [-0.2, -0.15) is 5.10 Å². The molecular formula is C11H22N2O2. The molecule has 1 aromatic heterocycles. The number of nitrogens with one attached hydrogen (secondary N) is 1. The number of aromatic nitrogens is 2. The van der Waals surface area contributed by atoms with Crippen molar-refractivity contribution in [1.29, 1.82) is 0 Å². The van der Waals surface area contributed by atoms with Gasteiger partial charge in [0.2, 0.25) is 0 Å². The van der Waals surface area contributed by atoms with E-state index in [1.165, 1.54) is 0 Å². The van der Waals surface area contributed by atoms with Gasteiger partial charge in [-0.3, -0.25) is 5.10 Å². The Morgan fingerprint density at radius 3 is 2.33 bits per heavy atom. The van der Waals surface area contributed by atoms with Gasteiger partial charge in [0.1, 0.15) is 0 Å². The summed E-state index contributed by atoms with van der Waals surface area (Å²) in [7, 11) is 1.68. The van der Waals surface area contributed by atoms with E-state index in [0.717, 1.165) is 24.6 Å². The number of hydrogen-bond donors (Lipinski definition) is 1. The fourth-order valence-corrected chi connectivity index (χ4v) is 0.983. The molecule has 0 aliphatic heterocycles. The van der Waals surface area contributed by atoms with Gasteiger partial charge in [0, 0.05) is 26.0 Å². The second-order valence-corrected chi connectivity index (χ2v) is 3.15. The molecule has 1 heterocycles. The van der Waals surface area contributed by atoms with Gasteiger partial charge in [0.05, 0.1) is 11.8 Å². The highest BCUT2D eigenvalue weighted by molar-refractivity contribution is 5.08. The standard InChI is InChI=1S/C8H14N2O.C3H8O/c1-4-11-7(3)8-5-6(2)9-10-8;1-3-4-2/h5,7H,4H2,1-3H3,(H,9,10);3H2,1-2H3. The Kier molecular flexibility index (Phi) is 7.95. The summed E-state index contributed by atoms with van der Waals surface area (Å²) in [6, 6.07) is 2.00. The smallest absolute Gasteiger partial charge is 0.0984 e. The average Bonchev–Trinajstić information content (AvgIpc) is 2.66. The first kappa shape index (κ1) is 14.1. The Bertz CT molecular complexity index is 246. The van der Waals surface area contributed by atoms with Gasteiger partial charge in [-0.15, -0.1) is 0 Å². The third-order valence-electron chi connectivity index (χ3n) is 1.85. The normalized spacial score (nSPS) is 11.8. The fraction of sp³-hybridized carbons (Fsp3) is 0.727. The van der Waals surface area contributed by atoms with Crippen LogP contribution in [-0.4, -0.2) is 30.5 Å². The van der Waals surface area contributed by atoms with Crippen LogP contribution < -0.4 is 0 Å². The topological polar surface area (TPSA) is 47.1 Å². The summed E-state index contributed by atoms with van der Waals surface area (Å²) in [6.45, 7) is 9.47. The maximum absolute atomic E-state index is 5.36. The molecule has 0 fully saturated rings. The molecule has 0 saturated heterocycles.